The van der Waals surface area contributed by atoms with Crippen LogP contribution in [0.15, 0.2) is 0 Å². The average Bonchev–Trinajstić information content (AvgIpc) is 2.85. The van der Waals surface area contributed by atoms with Gasteiger partial charge >= 0.3 is 0 Å². The number of likely N-dealkylation sites (N-methyl/N-ethyl adjacent to an activating group) is 1. The molecule has 2 fully saturated rings. The normalized spacial score (nSPS) is 36.6. The van der Waals surface area contributed by atoms with E-state index in [1.54, 1.807) is 0 Å². The van der Waals surface area contributed by atoms with E-state index < -0.39 is 0 Å². The van der Waals surface area contributed by atoms with Crippen LogP contribution in [-0.2, 0) is 9.53 Å². The number of nitrogens with zero attached hydrogens (tertiary/aromatic N) is 1. The Morgan fingerprint density at radius 3 is 2.72 bits per heavy atom. The molecule has 0 aromatic carbocycles. The third-order valence-electron chi connectivity index (χ3n) is 4.45. The van der Waals surface area contributed by atoms with Gasteiger partial charge in [-0.25, -0.2) is 0 Å². The van der Waals surface area contributed by atoms with Crippen molar-refractivity contribution in [3.8, 4) is 0 Å². The summed E-state index contributed by atoms with van der Waals surface area (Å²) in [5.41, 5.74) is 5.58. The van der Waals surface area contributed by atoms with Crippen molar-refractivity contribution in [1.29, 1.82) is 0 Å². The lowest BCUT2D eigenvalue weighted by atomic mass is 9.86. The number of nitrogens with two attached hydrogens (primary N) is 1. The van der Waals surface area contributed by atoms with Crippen molar-refractivity contribution < 1.29 is 9.53 Å². The summed E-state index contributed by atoms with van der Waals surface area (Å²) >= 11 is 0. The quantitative estimate of drug-likeness (QED) is 0.831. The molecule has 2 aliphatic rings. The van der Waals surface area contributed by atoms with Crippen molar-refractivity contribution in [2.75, 3.05) is 13.6 Å². The van der Waals surface area contributed by atoms with E-state index in [1.807, 2.05) is 11.9 Å². The summed E-state index contributed by atoms with van der Waals surface area (Å²) in [5, 5.41) is 0. The highest BCUT2D eigenvalue weighted by Crippen LogP contribution is 2.28. The van der Waals surface area contributed by atoms with Gasteiger partial charge in [0.25, 0.3) is 5.91 Å². The summed E-state index contributed by atoms with van der Waals surface area (Å²) in [6.07, 6.45) is 6.39. The van der Waals surface area contributed by atoms with Crippen LogP contribution in [0.3, 0.4) is 0 Å². The Bertz CT molecular complexity index is 296. The number of carbonyl (C=O) groups is 1. The Hall–Kier alpha value is -0.610. The molecule has 0 aromatic heterocycles. The minimum Gasteiger partial charge on any atom is -0.364 e. The molecule has 104 valence electrons. The van der Waals surface area contributed by atoms with Gasteiger partial charge in [0.05, 0.1) is 6.10 Å². The number of amides is 1. The first kappa shape index (κ1) is 13.8. The fraction of sp³-hybridized carbons (Fsp3) is 0.929. The number of ether oxygens (including phenoxy) is 1. The van der Waals surface area contributed by atoms with Crippen molar-refractivity contribution in [1.82, 2.24) is 4.90 Å². The highest BCUT2D eigenvalue weighted by atomic mass is 16.5. The van der Waals surface area contributed by atoms with E-state index in [0.717, 1.165) is 31.6 Å². The lowest BCUT2D eigenvalue weighted by Crippen LogP contribution is -2.45. The summed E-state index contributed by atoms with van der Waals surface area (Å²) < 4.78 is 5.69. The zero-order chi connectivity index (χ0) is 13.1. The smallest absolute Gasteiger partial charge is 0.251 e. The second-order valence-electron chi connectivity index (χ2n) is 5.93. The van der Waals surface area contributed by atoms with E-state index in [9.17, 15) is 4.79 Å². The molecule has 0 spiro atoms. The van der Waals surface area contributed by atoms with Crippen LogP contribution in [0.4, 0.5) is 0 Å². The van der Waals surface area contributed by atoms with Gasteiger partial charge in [0, 0.05) is 19.6 Å². The van der Waals surface area contributed by atoms with E-state index in [0.29, 0.717) is 12.6 Å². The monoisotopic (exact) mass is 254 g/mol. The first-order chi connectivity index (χ1) is 8.61. The molecule has 4 nitrogen and oxygen atoms in total. The molecular weight excluding hydrogens is 228 g/mol. The Kier molecular flexibility index (Phi) is 4.62. The molecule has 1 saturated heterocycles. The summed E-state index contributed by atoms with van der Waals surface area (Å²) in [6.45, 7) is 2.80. The third kappa shape index (κ3) is 3.04. The molecule has 0 bridgehead atoms. The van der Waals surface area contributed by atoms with E-state index in [4.69, 9.17) is 10.5 Å². The van der Waals surface area contributed by atoms with Crippen LogP contribution >= 0.6 is 0 Å². The zero-order valence-electron chi connectivity index (χ0n) is 11.6. The molecular formula is C14H26N2O2. The van der Waals surface area contributed by atoms with Gasteiger partial charge in [-0.3, -0.25) is 4.79 Å². The fourth-order valence-electron chi connectivity index (χ4n) is 3.22. The van der Waals surface area contributed by atoms with Crippen LogP contribution < -0.4 is 5.73 Å². The highest BCUT2D eigenvalue weighted by molar-refractivity contribution is 5.81. The number of hydrogen-bond acceptors (Lipinski definition) is 3. The largest absolute Gasteiger partial charge is 0.364 e. The Morgan fingerprint density at radius 1 is 1.33 bits per heavy atom. The number of hydrogen-bond donors (Lipinski definition) is 1. The van der Waals surface area contributed by atoms with E-state index in [-0.39, 0.29) is 18.1 Å². The maximum atomic E-state index is 12.4. The van der Waals surface area contributed by atoms with Crippen molar-refractivity contribution in [3.05, 3.63) is 0 Å². The van der Waals surface area contributed by atoms with Crippen molar-refractivity contribution in [2.24, 2.45) is 11.7 Å². The molecule has 1 heterocycles. The lowest BCUT2D eigenvalue weighted by Gasteiger charge is -2.35. The lowest BCUT2D eigenvalue weighted by molar-refractivity contribution is -0.144. The van der Waals surface area contributed by atoms with Crippen LogP contribution in [0.2, 0.25) is 0 Å². The van der Waals surface area contributed by atoms with Gasteiger partial charge in [0.1, 0.15) is 6.10 Å². The van der Waals surface area contributed by atoms with Crippen molar-refractivity contribution >= 4 is 5.91 Å². The second-order valence-corrected chi connectivity index (χ2v) is 5.93. The Balaban J connectivity index is 1.88. The molecule has 1 aliphatic heterocycles. The molecule has 4 atom stereocenters. The van der Waals surface area contributed by atoms with Gasteiger partial charge in [-0.05, 0) is 31.6 Å². The van der Waals surface area contributed by atoms with Gasteiger partial charge in [0.2, 0.25) is 0 Å². The zero-order valence-corrected chi connectivity index (χ0v) is 11.6. The molecule has 4 heteroatoms. The fourth-order valence-corrected chi connectivity index (χ4v) is 3.22. The SMILES string of the molecule is CC1CCCC(N(C)C(=O)[C@@H]2CC[C@H](CN)O2)C1. The maximum Gasteiger partial charge on any atom is 0.251 e. The van der Waals surface area contributed by atoms with Crippen LogP contribution in [-0.4, -0.2) is 42.6 Å². The van der Waals surface area contributed by atoms with Crippen LogP contribution in [0, 0.1) is 5.92 Å². The minimum atomic E-state index is -0.249. The predicted molar refractivity (Wildman–Crippen MR) is 71.1 cm³/mol. The van der Waals surface area contributed by atoms with Crippen molar-refractivity contribution in [2.45, 2.75) is 63.7 Å². The first-order valence-corrected chi connectivity index (χ1v) is 7.24. The van der Waals surface area contributed by atoms with Crippen molar-refractivity contribution in [3.63, 3.8) is 0 Å². The van der Waals surface area contributed by atoms with E-state index >= 15 is 0 Å². The molecule has 0 radical (unpaired) electrons. The third-order valence-corrected chi connectivity index (χ3v) is 4.45. The van der Waals surface area contributed by atoms with Gasteiger partial charge in [-0.1, -0.05) is 19.8 Å². The molecule has 2 unspecified atom stereocenters. The Labute approximate surface area is 110 Å². The van der Waals surface area contributed by atoms with Gasteiger partial charge < -0.3 is 15.4 Å². The molecule has 0 aromatic rings. The Morgan fingerprint density at radius 2 is 2.11 bits per heavy atom. The van der Waals surface area contributed by atoms with Gasteiger partial charge in [-0.2, -0.15) is 0 Å². The molecule has 2 rings (SSSR count). The predicted octanol–water partition coefficient (Wildman–Crippen LogP) is 1.53. The summed E-state index contributed by atoms with van der Waals surface area (Å²) in [5.74, 6) is 0.894. The molecule has 1 saturated carbocycles. The van der Waals surface area contributed by atoms with Crippen LogP contribution in [0.1, 0.15) is 45.4 Å². The summed E-state index contributed by atoms with van der Waals surface area (Å²) in [6, 6.07) is 0.404. The van der Waals surface area contributed by atoms with Gasteiger partial charge in [0.15, 0.2) is 0 Å². The molecule has 1 amide bonds. The minimum absolute atomic E-state index is 0.0811. The standard InChI is InChI=1S/C14H26N2O2/c1-10-4-3-5-11(8-10)16(2)14(17)13-7-6-12(9-15)18-13/h10-13H,3-9,15H2,1-2H3/t10?,11?,12-,13+/m1/s1. The first-order valence-electron chi connectivity index (χ1n) is 7.24. The highest BCUT2D eigenvalue weighted by Gasteiger charge is 2.34. The maximum absolute atomic E-state index is 12.4. The van der Waals surface area contributed by atoms with E-state index in [1.165, 1.54) is 12.8 Å². The second kappa shape index (κ2) is 6.02. The van der Waals surface area contributed by atoms with Crippen LogP contribution in [0.25, 0.3) is 0 Å². The summed E-state index contributed by atoms with van der Waals surface area (Å²) in [4.78, 5) is 14.3. The molecule has 18 heavy (non-hydrogen) atoms. The average molecular weight is 254 g/mol. The number of carbonyl (C=O) groups excluding carboxylic acids is 1. The number of rotatable bonds is 3. The van der Waals surface area contributed by atoms with E-state index in [2.05, 4.69) is 6.92 Å². The molecule has 1 aliphatic carbocycles. The summed E-state index contributed by atoms with van der Waals surface area (Å²) in [7, 11) is 1.93. The van der Waals surface area contributed by atoms with Crippen LogP contribution in [0.5, 0.6) is 0 Å². The van der Waals surface area contributed by atoms with Gasteiger partial charge in [-0.15, -0.1) is 0 Å². The topological polar surface area (TPSA) is 55.6 Å². The molecule has 2 N–H and O–H groups in total.